The van der Waals surface area contributed by atoms with Gasteiger partial charge in [-0.2, -0.15) is 11.8 Å². The summed E-state index contributed by atoms with van der Waals surface area (Å²) >= 11 is 3.98. The maximum absolute atomic E-state index is 4.99. The number of anilines is 1. The van der Waals surface area contributed by atoms with Crippen LogP contribution < -0.4 is 10.2 Å². The van der Waals surface area contributed by atoms with Crippen LogP contribution in [0, 0.1) is 0 Å². The summed E-state index contributed by atoms with van der Waals surface area (Å²) < 4.78 is 0. The SMILES string of the molecule is CCC(C)c1nc(N2CC(C)SC(C)C2)sc1CNC. The van der Waals surface area contributed by atoms with Gasteiger partial charge in [0.05, 0.1) is 5.69 Å². The Kier molecular flexibility index (Phi) is 5.75. The average Bonchev–Trinajstić information content (AvgIpc) is 2.81. The second-order valence-corrected chi connectivity index (χ2v) is 8.75. The Hall–Kier alpha value is -0.260. The molecule has 0 aromatic carbocycles. The number of nitrogens with zero attached hydrogens (tertiary/aromatic N) is 2. The van der Waals surface area contributed by atoms with Crippen LogP contribution in [0.4, 0.5) is 5.13 Å². The predicted molar refractivity (Wildman–Crippen MR) is 92.3 cm³/mol. The zero-order valence-electron chi connectivity index (χ0n) is 13.3. The second kappa shape index (κ2) is 7.14. The Morgan fingerprint density at radius 3 is 2.55 bits per heavy atom. The van der Waals surface area contributed by atoms with Crippen molar-refractivity contribution in [3.63, 3.8) is 0 Å². The third-order valence-corrected chi connectivity index (χ3v) is 6.18. The molecular formula is C15H27N3S2. The van der Waals surface area contributed by atoms with Gasteiger partial charge < -0.3 is 10.2 Å². The highest BCUT2D eigenvalue weighted by atomic mass is 32.2. The van der Waals surface area contributed by atoms with E-state index >= 15 is 0 Å². The van der Waals surface area contributed by atoms with E-state index in [1.807, 2.05) is 18.4 Å². The molecule has 0 saturated carbocycles. The largest absolute Gasteiger partial charge is 0.346 e. The zero-order chi connectivity index (χ0) is 14.7. The van der Waals surface area contributed by atoms with Gasteiger partial charge in [-0.25, -0.2) is 4.98 Å². The van der Waals surface area contributed by atoms with Crippen LogP contribution in [-0.2, 0) is 6.54 Å². The molecule has 3 atom stereocenters. The fraction of sp³-hybridized carbons (Fsp3) is 0.800. The minimum Gasteiger partial charge on any atom is -0.346 e. The molecular weight excluding hydrogens is 286 g/mol. The molecule has 2 rings (SSSR count). The molecule has 1 N–H and O–H groups in total. The van der Waals surface area contributed by atoms with Crippen molar-refractivity contribution in [2.24, 2.45) is 0 Å². The zero-order valence-corrected chi connectivity index (χ0v) is 14.9. The van der Waals surface area contributed by atoms with Crippen LogP contribution in [0.2, 0.25) is 0 Å². The van der Waals surface area contributed by atoms with E-state index in [1.165, 1.54) is 15.7 Å². The Morgan fingerprint density at radius 2 is 2.00 bits per heavy atom. The predicted octanol–water partition coefficient (Wildman–Crippen LogP) is 3.71. The number of nitrogens with one attached hydrogen (secondary N) is 1. The molecule has 20 heavy (non-hydrogen) atoms. The Labute approximate surface area is 131 Å². The van der Waals surface area contributed by atoms with Gasteiger partial charge in [0, 0.05) is 35.0 Å². The summed E-state index contributed by atoms with van der Waals surface area (Å²) in [5, 5.41) is 5.90. The lowest BCUT2D eigenvalue weighted by Crippen LogP contribution is -2.40. The molecule has 114 valence electrons. The Morgan fingerprint density at radius 1 is 1.35 bits per heavy atom. The van der Waals surface area contributed by atoms with Crippen molar-refractivity contribution in [3.8, 4) is 0 Å². The van der Waals surface area contributed by atoms with Gasteiger partial charge in [-0.15, -0.1) is 11.3 Å². The molecule has 5 heteroatoms. The maximum Gasteiger partial charge on any atom is 0.185 e. The van der Waals surface area contributed by atoms with Crippen LogP contribution in [-0.4, -0.2) is 35.6 Å². The molecule has 3 unspecified atom stereocenters. The molecule has 1 fully saturated rings. The van der Waals surface area contributed by atoms with Crippen LogP contribution in [0.3, 0.4) is 0 Å². The fourth-order valence-corrected chi connectivity index (χ4v) is 5.22. The minimum atomic E-state index is 0.553. The van der Waals surface area contributed by atoms with E-state index in [0.29, 0.717) is 16.4 Å². The highest BCUT2D eigenvalue weighted by Gasteiger charge is 2.26. The van der Waals surface area contributed by atoms with Crippen LogP contribution in [0.15, 0.2) is 0 Å². The quantitative estimate of drug-likeness (QED) is 0.897. The van der Waals surface area contributed by atoms with Gasteiger partial charge in [-0.05, 0) is 19.4 Å². The van der Waals surface area contributed by atoms with Gasteiger partial charge >= 0.3 is 0 Å². The van der Waals surface area contributed by atoms with Crippen molar-refractivity contribution in [2.45, 2.75) is 57.1 Å². The topological polar surface area (TPSA) is 28.2 Å². The van der Waals surface area contributed by atoms with Crippen molar-refractivity contribution in [3.05, 3.63) is 10.6 Å². The van der Waals surface area contributed by atoms with E-state index in [2.05, 4.69) is 49.7 Å². The number of thioether (sulfide) groups is 1. The molecule has 1 saturated heterocycles. The normalized spacial score (nSPS) is 24.9. The molecule has 0 amide bonds. The summed E-state index contributed by atoms with van der Waals surface area (Å²) in [5.74, 6) is 0.553. The van der Waals surface area contributed by atoms with Gasteiger partial charge in [0.15, 0.2) is 5.13 Å². The van der Waals surface area contributed by atoms with E-state index in [-0.39, 0.29) is 0 Å². The summed E-state index contributed by atoms with van der Waals surface area (Å²) in [7, 11) is 2.02. The van der Waals surface area contributed by atoms with Crippen LogP contribution in [0.25, 0.3) is 0 Å². The maximum atomic E-state index is 4.99. The van der Waals surface area contributed by atoms with Crippen molar-refractivity contribution in [1.29, 1.82) is 0 Å². The number of thiazole rings is 1. The number of hydrogen-bond donors (Lipinski definition) is 1. The molecule has 1 aliphatic rings. The third kappa shape index (κ3) is 3.68. The van der Waals surface area contributed by atoms with Crippen molar-refractivity contribution in [1.82, 2.24) is 10.3 Å². The molecule has 3 nitrogen and oxygen atoms in total. The highest BCUT2D eigenvalue weighted by Crippen LogP contribution is 2.35. The van der Waals surface area contributed by atoms with Crippen LogP contribution in [0.5, 0.6) is 0 Å². The first-order valence-corrected chi connectivity index (χ1v) is 9.35. The molecule has 0 radical (unpaired) electrons. The number of rotatable bonds is 5. The van der Waals surface area contributed by atoms with Crippen molar-refractivity contribution < 1.29 is 0 Å². The summed E-state index contributed by atoms with van der Waals surface area (Å²) in [6.07, 6.45) is 1.16. The first-order chi connectivity index (χ1) is 9.55. The lowest BCUT2D eigenvalue weighted by Gasteiger charge is -2.34. The molecule has 1 aromatic heterocycles. The van der Waals surface area contributed by atoms with Crippen molar-refractivity contribution >= 4 is 28.2 Å². The fourth-order valence-electron chi connectivity index (χ4n) is 2.69. The smallest absolute Gasteiger partial charge is 0.185 e. The molecule has 0 spiro atoms. The van der Waals surface area contributed by atoms with E-state index in [0.717, 1.165) is 26.1 Å². The van der Waals surface area contributed by atoms with E-state index in [4.69, 9.17) is 4.98 Å². The third-order valence-electron chi connectivity index (χ3n) is 3.82. The summed E-state index contributed by atoms with van der Waals surface area (Å²) in [6.45, 7) is 12.4. The average molecular weight is 314 g/mol. The summed E-state index contributed by atoms with van der Waals surface area (Å²) in [5.41, 5.74) is 1.31. The van der Waals surface area contributed by atoms with Crippen LogP contribution >= 0.6 is 23.1 Å². The van der Waals surface area contributed by atoms with E-state index < -0.39 is 0 Å². The van der Waals surface area contributed by atoms with Gasteiger partial charge in [0.2, 0.25) is 0 Å². The van der Waals surface area contributed by atoms with Gasteiger partial charge in [-0.1, -0.05) is 27.7 Å². The van der Waals surface area contributed by atoms with Gasteiger partial charge in [0.25, 0.3) is 0 Å². The first kappa shape index (κ1) is 16.1. The molecule has 2 heterocycles. The molecule has 1 aromatic rings. The van der Waals surface area contributed by atoms with Gasteiger partial charge in [0.1, 0.15) is 0 Å². The number of aromatic nitrogens is 1. The molecule has 0 aliphatic carbocycles. The van der Waals surface area contributed by atoms with E-state index in [1.54, 1.807) is 0 Å². The second-order valence-electron chi connectivity index (χ2n) is 5.81. The molecule has 1 aliphatic heterocycles. The Bertz CT molecular complexity index is 423. The lowest BCUT2D eigenvalue weighted by atomic mass is 10.0. The number of hydrogen-bond acceptors (Lipinski definition) is 5. The minimum absolute atomic E-state index is 0.553. The highest BCUT2D eigenvalue weighted by molar-refractivity contribution is 8.00. The standard InChI is InChI=1S/C15H27N3S2/c1-6-10(2)14-13(7-16-5)20-15(17-14)18-8-11(3)19-12(4)9-18/h10-12,16H,6-9H2,1-5H3. The van der Waals surface area contributed by atoms with Crippen molar-refractivity contribution in [2.75, 3.05) is 25.0 Å². The van der Waals surface area contributed by atoms with Gasteiger partial charge in [-0.3, -0.25) is 0 Å². The summed E-state index contributed by atoms with van der Waals surface area (Å²) in [6, 6.07) is 0. The first-order valence-electron chi connectivity index (χ1n) is 7.59. The van der Waals surface area contributed by atoms with Crippen LogP contribution in [0.1, 0.15) is 50.6 Å². The summed E-state index contributed by atoms with van der Waals surface area (Å²) in [4.78, 5) is 8.89. The van der Waals surface area contributed by atoms with E-state index in [9.17, 15) is 0 Å². The molecule has 0 bridgehead atoms. The lowest BCUT2D eigenvalue weighted by molar-refractivity contribution is 0.685. The Balaban J connectivity index is 2.23. The monoisotopic (exact) mass is 313 g/mol.